The summed E-state index contributed by atoms with van der Waals surface area (Å²) in [5, 5.41) is 0. The summed E-state index contributed by atoms with van der Waals surface area (Å²) in [6, 6.07) is 8.72. The first kappa shape index (κ1) is 10.0. The molecule has 1 rings (SSSR count). The minimum atomic E-state index is -3.62. The molecule has 0 N–H and O–H groups in total. The van der Waals surface area contributed by atoms with Crippen molar-refractivity contribution in [2.45, 2.75) is 0 Å². The van der Waals surface area contributed by atoms with Gasteiger partial charge >= 0.3 is 10.3 Å². The van der Waals surface area contributed by atoms with Gasteiger partial charge in [0.05, 0.1) is 12.8 Å². The van der Waals surface area contributed by atoms with Gasteiger partial charge in [-0.05, 0) is 12.1 Å². The van der Waals surface area contributed by atoms with Crippen molar-refractivity contribution in [2.24, 2.45) is 0 Å². The molecule has 0 heterocycles. The lowest BCUT2D eigenvalue weighted by Crippen LogP contribution is -2.27. The zero-order chi connectivity index (χ0) is 9.90. The van der Waals surface area contributed by atoms with Crippen molar-refractivity contribution in [2.75, 3.05) is 18.5 Å². The molecule has 72 valence electrons. The van der Waals surface area contributed by atoms with Crippen molar-refractivity contribution in [3.05, 3.63) is 30.3 Å². The molecular formula is C8H11NO3S. The first-order valence-corrected chi connectivity index (χ1v) is 5.04. The molecule has 0 aliphatic rings. The van der Waals surface area contributed by atoms with E-state index in [2.05, 4.69) is 4.18 Å². The third-order valence-electron chi connectivity index (χ3n) is 1.67. The van der Waals surface area contributed by atoms with Gasteiger partial charge in [0.2, 0.25) is 0 Å². The fraction of sp³-hybridized carbons (Fsp3) is 0.250. The lowest BCUT2D eigenvalue weighted by Gasteiger charge is -2.16. The van der Waals surface area contributed by atoms with Crippen LogP contribution in [0.15, 0.2) is 30.3 Å². The van der Waals surface area contributed by atoms with Crippen molar-refractivity contribution in [3.8, 4) is 0 Å². The molecule has 1 aromatic carbocycles. The van der Waals surface area contributed by atoms with Crippen molar-refractivity contribution in [1.29, 1.82) is 0 Å². The van der Waals surface area contributed by atoms with Gasteiger partial charge < -0.3 is 0 Å². The average molecular weight is 201 g/mol. The molecule has 0 fully saturated rings. The number of rotatable bonds is 3. The highest BCUT2D eigenvalue weighted by atomic mass is 32.2. The number of nitrogens with zero attached hydrogens (tertiary/aromatic N) is 1. The van der Waals surface area contributed by atoms with Crippen LogP contribution in [0.25, 0.3) is 0 Å². The van der Waals surface area contributed by atoms with Gasteiger partial charge in [0, 0.05) is 7.05 Å². The number of hydrogen-bond donors (Lipinski definition) is 0. The van der Waals surface area contributed by atoms with E-state index in [0.717, 1.165) is 11.4 Å². The summed E-state index contributed by atoms with van der Waals surface area (Å²) in [6.07, 6.45) is 0. The summed E-state index contributed by atoms with van der Waals surface area (Å²) in [6.45, 7) is 0. The third kappa shape index (κ3) is 2.19. The molecule has 0 atom stereocenters. The van der Waals surface area contributed by atoms with E-state index in [0.29, 0.717) is 5.69 Å². The van der Waals surface area contributed by atoms with E-state index in [4.69, 9.17) is 0 Å². The third-order valence-corrected chi connectivity index (χ3v) is 2.97. The van der Waals surface area contributed by atoms with E-state index in [-0.39, 0.29) is 0 Å². The molecule has 0 radical (unpaired) electrons. The molecule has 0 bridgehead atoms. The van der Waals surface area contributed by atoms with E-state index < -0.39 is 10.3 Å². The molecule has 1 aromatic rings. The fourth-order valence-corrected chi connectivity index (χ4v) is 1.48. The summed E-state index contributed by atoms with van der Waals surface area (Å²) in [4.78, 5) is 0. The Morgan fingerprint density at radius 1 is 1.23 bits per heavy atom. The maximum atomic E-state index is 11.2. The van der Waals surface area contributed by atoms with Gasteiger partial charge in [0.1, 0.15) is 0 Å². The zero-order valence-corrected chi connectivity index (χ0v) is 8.28. The molecular weight excluding hydrogens is 190 g/mol. The quantitative estimate of drug-likeness (QED) is 0.733. The summed E-state index contributed by atoms with van der Waals surface area (Å²) in [5.41, 5.74) is 0.573. The molecule has 0 saturated heterocycles. The van der Waals surface area contributed by atoms with Crippen LogP contribution in [-0.4, -0.2) is 22.6 Å². The fourth-order valence-electron chi connectivity index (χ4n) is 0.879. The normalized spacial score (nSPS) is 11.2. The van der Waals surface area contributed by atoms with Crippen LogP contribution in [0.4, 0.5) is 5.69 Å². The van der Waals surface area contributed by atoms with Gasteiger partial charge in [-0.2, -0.15) is 8.42 Å². The Morgan fingerprint density at radius 3 is 2.23 bits per heavy atom. The minimum absolute atomic E-state index is 0.573. The molecule has 4 nitrogen and oxygen atoms in total. The van der Waals surface area contributed by atoms with Gasteiger partial charge in [-0.25, -0.2) is 0 Å². The van der Waals surface area contributed by atoms with Crippen LogP contribution < -0.4 is 4.31 Å². The van der Waals surface area contributed by atoms with Crippen LogP contribution in [0.5, 0.6) is 0 Å². The highest BCUT2D eigenvalue weighted by molar-refractivity contribution is 7.88. The Bertz CT molecular complexity index is 360. The summed E-state index contributed by atoms with van der Waals surface area (Å²) < 4.78 is 27.8. The summed E-state index contributed by atoms with van der Waals surface area (Å²) >= 11 is 0. The molecule has 0 aliphatic carbocycles. The van der Waals surface area contributed by atoms with Crippen LogP contribution in [0.3, 0.4) is 0 Å². The van der Waals surface area contributed by atoms with Crippen LogP contribution in [0.1, 0.15) is 0 Å². The number of benzene rings is 1. The topological polar surface area (TPSA) is 46.6 Å². The Morgan fingerprint density at radius 2 is 1.77 bits per heavy atom. The molecule has 0 spiro atoms. The molecule has 0 unspecified atom stereocenters. The van der Waals surface area contributed by atoms with Gasteiger partial charge in [-0.15, -0.1) is 0 Å². The smallest absolute Gasteiger partial charge is 0.257 e. The van der Waals surface area contributed by atoms with Gasteiger partial charge in [0.25, 0.3) is 0 Å². The van der Waals surface area contributed by atoms with Crippen molar-refractivity contribution in [3.63, 3.8) is 0 Å². The second-order valence-corrected chi connectivity index (χ2v) is 4.16. The largest absolute Gasteiger partial charge is 0.361 e. The van der Waals surface area contributed by atoms with Crippen molar-refractivity contribution >= 4 is 16.0 Å². The second-order valence-electron chi connectivity index (χ2n) is 2.43. The molecule has 0 aliphatic heterocycles. The molecule has 0 saturated carbocycles. The summed E-state index contributed by atoms with van der Waals surface area (Å²) in [5.74, 6) is 0. The Hall–Kier alpha value is -1.07. The van der Waals surface area contributed by atoms with Crippen LogP contribution in [0.2, 0.25) is 0 Å². The molecule has 0 amide bonds. The first-order chi connectivity index (χ1) is 6.08. The van der Waals surface area contributed by atoms with Gasteiger partial charge in [-0.3, -0.25) is 8.49 Å². The van der Waals surface area contributed by atoms with Crippen molar-refractivity contribution in [1.82, 2.24) is 0 Å². The highest BCUT2D eigenvalue weighted by Crippen LogP contribution is 2.14. The predicted octanol–water partition coefficient (Wildman–Crippen LogP) is 1.01. The lowest BCUT2D eigenvalue weighted by atomic mass is 10.3. The van der Waals surface area contributed by atoms with E-state index in [9.17, 15) is 8.42 Å². The highest BCUT2D eigenvalue weighted by Gasteiger charge is 2.16. The Balaban J connectivity index is 2.99. The standard InChI is InChI=1S/C8H11NO3S/c1-9(13(10,11)12-2)8-6-4-3-5-7-8/h3-7H,1-2H3. The zero-order valence-electron chi connectivity index (χ0n) is 7.47. The maximum Gasteiger partial charge on any atom is 0.361 e. The minimum Gasteiger partial charge on any atom is -0.257 e. The van der Waals surface area contributed by atoms with E-state index in [1.165, 1.54) is 7.05 Å². The van der Waals surface area contributed by atoms with E-state index in [1.54, 1.807) is 24.3 Å². The van der Waals surface area contributed by atoms with Crippen molar-refractivity contribution < 1.29 is 12.6 Å². The van der Waals surface area contributed by atoms with Crippen LogP contribution in [-0.2, 0) is 14.5 Å². The summed E-state index contributed by atoms with van der Waals surface area (Å²) in [7, 11) is -1.05. The Kier molecular flexibility index (Phi) is 2.90. The average Bonchev–Trinajstić information content (AvgIpc) is 2.18. The van der Waals surface area contributed by atoms with E-state index >= 15 is 0 Å². The Labute approximate surface area is 78.0 Å². The number of para-hydroxylation sites is 1. The molecule has 0 aromatic heterocycles. The number of hydrogen-bond acceptors (Lipinski definition) is 3. The molecule has 13 heavy (non-hydrogen) atoms. The van der Waals surface area contributed by atoms with Gasteiger partial charge in [0.15, 0.2) is 0 Å². The molecule has 5 heteroatoms. The monoisotopic (exact) mass is 201 g/mol. The predicted molar refractivity (Wildman–Crippen MR) is 50.8 cm³/mol. The van der Waals surface area contributed by atoms with E-state index in [1.807, 2.05) is 6.07 Å². The van der Waals surface area contributed by atoms with Crippen LogP contribution >= 0.6 is 0 Å². The lowest BCUT2D eigenvalue weighted by molar-refractivity contribution is 0.396. The van der Waals surface area contributed by atoms with Crippen LogP contribution in [0, 0.1) is 0 Å². The first-order valence-electron chi connectivity index (χ1n) is 3.67. The SMILES string of the molecule is COS(=O)(=O)N(C)c1ccccc1. The number of anilines is 1. The van der Waals surface area contributed by atoms with Gasteiger partial charge in [-0.1, -0.05) is 18.2 Å². The maximum absolute atomic E-state index is 11.2. The second kappa shape index (κ2) is 3.76.